The van der Waals surface area contributed by atoms with E-state index in [1.807, 2.05) is 42.5 Å². The monoisotopic (exact) mass is 542 g/mol. The number of hydrogen-bond donors (Lipinski definition) is 1. The zero-order valence-electron chi connectivity index (χ0n) is 17.0. The van der Waals surface area contributed by atoms with Gasteiger partial charge in [0.15, 0.2) is 6.61 Å². The van der Waals surface area contributed by atoms with E-state index < -0.39 is 11.9 Å². The van der Waals surface area contributed by atoms with Gasteiger partial charge in [-0.15, -0.1) is 11.3 Å². The van der Waals surface area contributed by atoms with Gasteiger partial charge < -0.3 is 9.47 Å². The van der Waals surface area contributed by atoms with E-state index in [0.717, 1.165) is 14.6 Å². The van der Waals surface area contributed by atoms with Crippen LogP contribution in [0.1, 0.15) is 15.2 Å². The maximum Gasteiger partial charge on any atom is 0.355 e. The summed E-state index contributed by atoms with van der Waals surface area (Å²) in [5.41, 5.74) is 3.03. The van der Waals surface area contributed by atoms with Crippen LogP contribution in [0.5, 0.6) is 11.5 Å². The first-order valence-electron chi connectivity index (χ1n) is 9.70. The summed E-state index contributed by atoms with van der Waals surface area (Å²) in [6, 6.07) is 21.5. The highest BCUT2D eigenvalue weighted by molar-refractivity contribution is 9.10. The summed E-state index contributed by atoms with van der Waals surface area (Å²) in [7, 11) is 0. The summed E-state index contributed by atoms with van der Waals surface area (Å²) in [4.78, 5) is 24.9. The lowest BCUT2D eigenvalue weighted by Gasteiger charge is -2.06. The van der Waals surface area contributed by atoms with Gasteiger partial charge in [0.25, 0.3) is 5.91 Å². The molecule has 0 unspecified atom stereocenters. The molecular formula is C24H16BrClN2O4S. The van der Waals surface area contributed by atoms with Gasteiger partial charge >= 0.3 is 5.97 Å². The van der Waals surface area contributed by atoms with Gasteiger partial charge in [-0.1, -0.05) is 54.1 Å². The van der Waals surface area contributed by atoms with Crippen molar-refractivity contribution in [2.24, 2.45) is 5.10 Å². The van der Waals surface area contributed by atoms with E-state index in [4.69, 9.17) is 21.1 Å². The highest BCUT2D eigenvalue weighted by atomic mass is 79.9. The van der Waals surface area contributed by atoms with Crippen LogP contribution >= 0.6 is 38.9 Å². The Balaban J connectivity index is 1.35. The standard InChI is InChI=1S/C24H16BrClN2O4S/c25-18-9-2-3-10-19(18)31-14-21(29)28-27-13-15-6-5-7-16(12-15)32-24(30)23-22(26)17-8-1-4-11-20(17)33-23/h1-13H,14H2,(H,28,29). The summed E-state index contributed by atoms with van der Waals surface area (Å²) in [5.74, 6) is -0.0530. The first-order valence-corrected chi connectivity index (χ1v) is 11.7. The summed E-state index contributed by atoms with van der Waals surface area (Å²) < 4.78 is 12.6. The molecule has 166 valence electrons. The molecule has 0 atom stereocenters. The Bertz CT molecular complexity index is 1360. The molecule has 0 aliphatic heterocycles. The molecule has 6 nitrogen and oxygen atoms in total. The molecule has 0 fully saturated rings. The summed E-state index contributed by atoms with van der Waals surface area (Å²) in [6.45, 7) is -0.187. The molecule has 0 aliphatic rings. The quantitative estimate of drug-likeness (QED) is 0.133. The lowest BCUT2D eigenvalue weighted by molar-refractivity contribution is -0.123. The SMILES string of the molecule is O=C(COc1ccccc1Br)NN=Cc1cccc(OC(=O)c2sc3ccccc3c2Cl)c1. The fraction of sp³-hybridized carbons (Fsp3) is 0.0417. The third kappa shape index (κ3) is 5.78. The average molecular weight is 544 g/mol. The topological polar surface area (TPSA) is 77.0 Å². The van der Waals surface area contributed by atoms with E-state index in [-0.39, 0.29) is 6.61 Å². The molecule has 0 radical (unpaired) electrons. The van der Waals surface area contributed by atoms with Crippen molar-refractivity contribution < 1.29 is 19.1 Å². The largest absolute Gasteiger partial charge is 0.483 e. The van der Waals surface area contributed by atoms with Crippen molar-refractivity contribution in [2.45, 2.75) is 0 Å². The van der Waals surface area contributed by atoms with Gasteiger partial charge in [-0.25, -0.2) is 10.2 Å². The van der Waals surface area contributed by atoms with Crippen molar-refractivity contribution in [3.8, 4) is 11.5 Å². The maximum atomic E-state index is 12.6. The van der Waals surface area contributed by atoms with Crippen LogP contribution in [0.4, 0.5) is 0 Å². The smallest absolute Gasteiger partial charge is 0.355 e. The second-order valence-electron chi connectivity index (χ2n) is 6.72. The normalized spacial score (nSPS) is 11.0. The molecule has 0 bridgehead atoms. The van der Waals surface area contributed by atoms with Gasteiger partial charge in [-0.2, -0.15) is 5.10 Å². The molecule has 1 heterocycles. The lowest BCUT2D eigenvalue weighted by atomic mass is 10.2. The zero-order valence-corrected chi connectivity index (χ0v) is 20.1. The van der Waals surface area contributed by atoms with E-state index in [1.54, 1.807) is 30.3 Å². The van der Waals surface area contributed by atoms with Gasteiger partial charge in [0.1, 0.15) is 16.4 Å². The molecule has 0 saturated heterocycles. The minimum absolute atomic E-state index is 0.187. The number of halogens is 2. The zero-order chi connectivity index (χ0) is 23.2. The first-order chi connectivity index (χ1) is 16.0. The Labute approximate surface area is 206 Å². The summed E-state index contributed by atoms with van der Waals surface area (Å²) in [5, 5.41) is 5.12. The van der Waals surface area contributed by atoms with Crippen LogP contribution in [0.15, 0.2) is 82.4 Å². The average Bonchev–Trinajstić information content (AvgIpc) is 3.16. The number of carbonyl (C=O) groups is 2. The van der Waals surface area contributed by atoms with E-state index in [9.17, 15) is 9.59 Å². The molecule has 1 N–H and O–H groups in total. The number of amides is 1. The second-order valence-corrected chi connectivity index (χ2v) is 9.00. The summed E-state index contributed by atoms with van der Waals surface area (Å²) >= 11 is 11.0. The second kappa shape index (κ2) is 10.6. The molecule has 0 aliphatic carbocycles. The molecule has 4 aromatic rings. The van der Waals surface area contributed by atoms with Crippen LogP contribution in [0.25, 0.3) is 10.1 Å². The van der Waals surface area contributed by atoms with Crippen molar-refractivity contribution in [1.29, 1.82) is 0 Å². The molecular weight excluding hydrogens is 528 g/mol. The number of rotatable bonds is 7. The third-order valence-corrected chi connectivity index (χ3v) is 6.70. The number of thiophene rings is 1. The number of nitrogens with zero attached hydrogens (tertiary/aromatic N) is 1. The van der Waals surface area contributed by atoms with Gasteiger partial charge in [0, 0.05) is 10.1 Å². The fourth-order valence-electron chi connectivity index (χ4n) is 2.87. The molecule has 4 rings (SSSR count). The minimum Gasteiger partial charge on any atom is -0.483 e. The van der Waals surface area contributed by atoms with Crippen LogP contribution in [-0.2, 0) is 4.79 Å². The van der Waals surface area contributed by atoms with E-state index in [0.29, 0.717) is 27.0 Å². The number of hydrogen-bond acceptors (Lipinski definition) is 6. The number of para-hydroxylation sites is 1. The van der Waals surface area contributed by atoms with Gasteiger partial charge in [-0.3, -0.25) is 4.79 Å². The number of ether oxygens (including phenoxy) is 2. The van der Waals surface area contributed by atoms with Crippen LogP contribution in [0.2, 0.25) is 5.02 Å². The number of esters is 1. The van der Waals surface area contributed by atoms with Crippen molar-refractivity contribution in [3.05, 3.63) is 92.7 Å². The molecule has 1 aromatic heterocycles. The molecule has 9 heteroatoms. The van der Waals surface area contributed by atoms with E-state index in [1.165, 1.54) is 17.6 Å². The Morgan fingerprint density at radius 3 is 2.67 bits per heavy atom. The predicted octanol–water partition coefficient (Wildman–Crippen LogP) is 6.07. The van der Waals surface area contributed by atoms with Crippen molar-refractivity contribution >= 4 is 67.0 Å². The number of carbonyl (C=O) groups excluding carboxylic acids is 2. The van der Waals surface area contributed by atoms with Crippen LogP contribution in [0, 0.1) is 0 Å². The molecule has 0 saturated carbocycles. The van der Waals surface area contributed by atoms with E-state index >= 15 is 0 Å². The number of fused-ring (bicyclic) bond motifs is 1. The predicted molar refractivity (Wildman–Crippen MR) is 134 cm³/mol. The van der Waals surface area contributed by atoms with Crippen LogP contribution < -0.4 is 14.9 Å². The van der Waals surface area contributed by atoms with Gasteiger partial charge in [-0.05, 0) is 51.8 Å². The Morgan fingerprint density at radius 1 is 1.06 bits per heavy atom. The lowest BCUT2D eigenvalue weighted by Crippen LogP contribution is -2.24. The number of benzene rings is 3. The van der Waals surface area contributed by atoms with Crippen molar-refractivity contribution in [1.82, 2.24) is 5.43 Å². The molecule has 1 amide bonds. The highest BCUT2D eigenvalue weighted by Gasteiger charge is 2.19. The minimum atomic E-state index is -0.534. The molecule has 0 spiro atoms. The Hall–Kier alpha value is -3.20. The van der Waals surface area contributed by atoms with E-state index in [2.05, 4.69) is 26.5 Å². The molecule has 3 aromatic carbocycles. The van der Waals surface area contributed by atoms with Gasteiger partial charge in [0.2, 0.25) is 0 Å². The first kappa shape index (κ1) is 23.0. The highest BCUT2D eigenvalue weighted by Crippen LogP contribution is 2.35. The maximum absolute atomic E-state index is 12.6. The molecule has 33 heavy (non-hydrogen) atoms. The third-order valence-electron chi connectivity index (χ3n) is 4.39. The Kier molecular flexibility index (Phi) is 7.39. The van der Waals surface area contributed by atoms with Crippen molar-refractivity contribution in [3.63, 3.8) is 0 Å². The van der Waals surface area contributed by atoms with Gasteiger partial charge in [0.05, 0.1) is 15.7 Å². The van der Waals surface area contributed by atoms with Crippen LogP contribution in [0.3, 0.4) is 0 Å². The fourth-order valence-corrected chi connectivity index (χ4v) is 4.66. The number of nitrogens with one attached hydrogen (secondary N) is 1. The Morgan fingerprint density at radius 2 is 1.85 bits per heavy atom. The number of hydrazone groups is 1. The van der Waals surface area contributed by atoms with Crippen LogP contribution in [-0.4, -0.2) is 24.7 Å². The van der Waals surface area contributed by atoms with Crippen molar-refractivity contribution in [2.75, 3.05) is 6.61 Å². The summed E-state index contributed by atoms with van der Waals surface area (Å²) in [6.07, 6.45) is 1.44.